The molecule has 1 aromatic rings. The van der Waals surface area contributed by atoms with Crippen molar-refractivity contribution in [1.82, 2.24) is 4.90 Å². The van der Waals surface area contributed by atoms with Crippen molar-refractivity contribution in [3.05, 3.63) is 35.3 Å². The molecule has 0 radical (unpaired) electrons. The van der Waals surface area contributed by atoms with Gasteiger partial charge < -0.3 is 19.2 Å². The topological polar surface area (TPSA) is 45.8 Å². The van der Waals surface area contributed by atoms with E-state index in [1.165, 1.54) is 5.56 Å². The number of furan rings is 1. The molecule has 4 heteroatoms. The summed E-state index contributed by atoms with van der Waals surface area (Å²) in [6.07, 6.45) is 5.38. The Morgan fingerprint density at radius 3 is 3.05 bits per heavy atom. The van der Waals surface area contributed by atoms with Gasteiger partial charge in [-0.15, -0.1) is 0 Å². The molecule has 1 aliphatic heterocycles. The Labute approximate surface area is 131 Å². The Morgan fingerprint density at radius 2 is 2.27 bits per heavy atom. The van der Waals surface area contributed by atoms with E-state index >= 15 is 0 Å². The number of aliphatic hydroxyl groups excluding tert-OH is 1. The van der Waals surface area contributed by atoms with Gasteiger partial charge in [-0.1, -0.05) is 13.0 Å². The van der Waals surface area contributed by atoms with Gasteiger partial charge >= 0.3 is 0 Å². The van der Waals surface area contributed by atoms with Crippen molar-refractivity contribution in [1.29, 1.82) is 0 Å². The van der Waals surface area contributed by atoms with E-state index in [4.69, 9.17) is 9.15 Å². The molecule has 3 aliphatic rings. The molecule has 22 heavy (non-hydrogen) atoms. The van der Waals surface area contributed by atoms with Crippen LogP contribution in [-0.2, 0) is 10.3 Å². The Hall–Kier alpha value is -1.10. The molecule has 1 fully saturated rings. The van der Waals surface area contributed by atoms with Crippen LogP contribution in [0, 0.1) is 5.41 Å². The van der Waals surface area contributed by atoms with Crippen LogP contribution in [0.4, 0.5) is 0 Å². The third kappa shape index (κ3) is 1.63. The summed E-state index contributed by atoms with van der Waals surface area (Å²) in [5.74, 6) is 1.41. The van der Waals surface area contributed by atoms with Crippen molar-refractivity contribution in [3.63, 3.8) is 0 Å². The molecule has 4 atom stereocenters. The van der Waals surface area contributed by atoms with Gasteiger partial charge in [0.1, 0.15) is 11.4 Å². The average molecular weight is 303 g/mol. The van der Waals surface area contributed by atoms with E-state index < -0.39 is 6.10 Å². The molecular formula is C18H25NO3. The SMILES string of the molecule is C[C@@H]1C[C@@]23CN(C)CCO[C@@]2(CC=C3[C@@H](C)O)c2ccoc21. The van der Waals surface area contributed by atoms with Crippen LogP contribution in [0.25, 0.3) is 0 Å². The highest BCUT2D eigenvalue weighted by atomic mass is 16.5. The summed E-state index contributed by atoms with van der Waals surface area (Å²) in [4.78, 5) is 2.35. The predicted octanol–water partition coefficient (Wildman–Crippen LogP) is 2.64. The van der Waals surface area contributed by atoms with E-state index in [1.807, 2.05) is 6.92 Å². The zero-order chi connectivity index (χ0) is 15.5. The summed E-state index contributed by atoms with van der Waals surface area (Å²) in [6, 6.07) is 2.09. The van der Waals surface area contributed by atoms with Gasteiger partial charge in [0.2, 0.25) is 0 Å². The fraction of sp³-hybridized carbons (Fsp3) is 0.667. The van der Waals surface area contributed by atoms with Gasteiger partial charge in [0, 0.05) is 36.4 Å². The van der Waals surface area contributed by atoms with Crippen LogP contribution < -0.4 is 0 Å². The van der Waals surface area contributed by atoms with Crippen LogP contribution in [0.5, 0.6) is 0 Å². The van der Waals surface area contributed by atoms with E-state index in [9.17, 15) is 5.11 Å². The Balaban J connectivity index is 1.95. The first kappa shape index (κ1) is 14.5. The molecule has 2 heterocycles. The van der Waals surface area contributed by atoms with Crippen molar-refractivity contribution in [2.75, 3.05) is 26.7 Å². The largest absolute Gasteiger partial charge is 0.469 e. The number of fused-ring (bicyclic) bond motifs is 1. The number of hydrogen-bond acceptors (Lipinski definition) is 4. The number of ether oxygens (including phenoxy) is 1. The van der Waals surface area contributed by atoms with Crippen molar-refractivity contribution in [2.45, 2.75) is 44.3 Å². The van der Waals surface area contributed by atoms with Crippen LogP contribution >= 0.6 is 0 Å². The summed E-state index contributed by atoms with van der Waals surface area (Å²) in [6.45, 7) is 6.69. The quantitative estimate of drug-likeness (QED) is 0.810. The number of nitrogens with zero attached hydrogens (tertiary/aromatic N) is 1. The minimum absolute atomic E-state index is 0.150. The second-order valence-corrected chi connectivity index (χ2v) is 7.34. The molecule has 2 aliphatic carbocycles. The monoisotopic (exact) mass is 303 g/mol. The normalized spacial score (nSPS) is 39.5. The minimum Gasteiger partial charge on any atom is -0.469 e. The Bertz CT molecular complexity index is 620. The van der Waals surface area contributed by atoms with Gasteiger partial charge in [0.25, 0.3) is 0 Å². The van der Waals surface area contributed by atoms with E-state index in [2.05, 4.69) is 31.0 Å². The first-order valence-corrected chi connectivity index (χ1v) is 8.29. The van der Waals surface area contributed by atoms with Gasteiger partial charge in [-0.3, -0.25) is 0 Å². The molecule has 0 aromatic carbocycles. The van der Waals surface area contributed by atoms with Crippen LogP contribution in [0.3, 0.4) is 0 Å². The summed E-state index contributed by atoms with van der Waals surface area (Å²) in [7, 11) is 2.15. The van der Waals surface area contributed by atoms with Crippen LogP contribution in [0.2, 0.25) is 0 Å². The first-order valence-electron chi connectivity index (χ1n) is 8.29. The fourth-order valence-electron chi connectivity index (χ4n) is 5.22. The van der Waals surface area contributed by atoms with Crippen LogP contribution in [0.1, 0.15) is 43.9 Å². The molecule has 0 spiro atoms. The summed E-state index contributed by atoms with van der Waals surface area (Å²) >= 11 is 0. The first-order chi connectivity index (χ1) is 10.5. The standard InChI is InChI=1S/C18H25NO3/c1-12-10-17-11-19(3)7-9-22-18(17,6-4-14(17)13(2)20)15-5-8-21-16(12)15/h4-5,8,12-13,20H,6-7,9-11H2,1-3H3/t12-,13-,17+,18+/m1/s1. The maximum atomic E-state index is 10.4. The highest BCUT2D eigenvalue weighted by Gasteiger charge is 2.64. The fourth-order valence-corrected chi connectivity index (χ4v) is 5.22. The molecule has 0 unspecified atom stereocenters. The molecule has 1 aromatic heterocycles. The Morgan fingerprint density at radius 1 is 1.45 bits per heavy atom. The van der Waals surface area contributed by atoms with Gasteiger partial charge in [-0.05, 0) is 32.0 Å². The van der Waals surface area contributed by atoms with Gasteiger partial charge in [0.15, 0.2) is 0 Å². The maximum absolute atomic E-state index is 10.4. The lowest BCUT2D eigenvalue weighted by Gasteiger charge is -2.52. The average Bonchev–Trinajstić information content (AvgIpc) is 3.00. The van der Waals surface area contributed by atoms with Gasteiger partial charge in [-0.2, -0.15) is 0 Å². The molecule has 120 valence electrons. The molecule has 0 saturated carbocycles. The summed E-state index contributed by atoms with van der Waals surface area (Å²) in [5, 5.41) is 10.4. The molecule has 1 saturated heterocycles. The number of aliphatic hydroxyl groups is 1. The van der Waals surface area contributed by atoms with E-state index in [-0.39, 0.29) is 11.0 Å². The second-order valence-electron chi connectivity index (χ2n) is 7.34. The number of hydrogen-bond donors (Lipinski definition) is 1. The second kappa shape index (κ2) is 4.70. The highest BCUT2D eigenvalue weighted by Crippen LogP contribution is 2.64. The lowest BCUT2D eigenvalue weighted by molar-refractivity contribution is -0.120. The van der Waals surface area contributed by atoms with Crippen LogP contribution in [-0.4, -0.2) is 42.9 Å². The van der Waals surface area contributed by atoms with E-state index in [0.717, 1.165) is 43.9 Å². The smallest absolute Gasteiger partial charge is 0.112 e. The molecule has 1 N–H and O–H groups in total. The molecular weight excluding hydrogens is 278 g/mol. The summed E-state index contributed by atoms with van der Waals surface area (Å²) < 4.78 is 12.3. The zero-order valence-electron chi connectivity index (χ0n) is 13.6. The molecule has 0 amide bonds. The van der Waals surface area contributed by atoms with E-state index in [0.29, 0.717) is 5.92 Å². The van der Waals surface area contributed by atoms with Gasteiger partial charge in [0.05, 0.1) is 19.0 Å². The van der Waals surface area contributed by atoms with E-state index in [1.54, 1.807) is 6.26 Å². The van der Waals surface area contributed by atoms with Crippen LogP contribution in [0.15, 0.2) is 28.4 Å². The van der Waals surface area contributed by atoms with Crippen molar-refractivity contribution in [2.24, 2.45) is 5.41 Å². The zero-order valence-corrected chi connectivity index (χ0v) is 13.6. The highest BCUT2D eigenvalue weighted by molar-refractivity contribution is 5.45. The summed E-state index contributed by atoms with van der Waals surface area (Å²) in [5.41, 5.74) is 1.84. The lowest BCUT2D eigenvalue weighted by atomic mass is 9.58. The number of likely N-dealkylation sites (N-methyl/N-ethyl adjacent to an activating group) is 1. The van der Waals surface area contributed by atoms with Crippen molar-refractivity contribution < 1.29 is 14.3 Å². The van der Waals surface area contributed by atoms with Crippen molar-refractivity contribution >= 4 is 0 Å². The number of rotatable bonds is 1. The lowest BCUT2D eigenvalue weighted by Crippen LogP contribution is -2.53. The van der Waals surface area contributed by atoms with Gasteiger partial charge in [-0.25, -0.2) is 0 Å². The third-order valence-electron chi connectivity index (χ3n) is 5.98. The Kier molecular flexibility index (Phi) is 3.09. The molecule has 0 bridgehead atoms. The predicted molar refractivity (Wildman–Crippen MR) is 83.7 cm³/mol. The third-order valence-corrected chi connectivity index (χ3v) is 5.98. The molecule has 4 rings (SSSR count). The van der Waals surface area contributed by atoms with Crippen molar-refractivity contribution in [3.8, 4) is 0 Å². The minimum atomic E-state index is -0.433. The molecule has 4 nitrogen and oxygen atoms in total. The maximum Gasteiger partial charge on any atom is 0.112 e.